The highest BCUT2D eigenvalue weighted by molar-refractivity contribution is 7.99. The van der Waals surface area contributed by atoms with E-state index in [-0.39, 0.29) is 29.7 Å². The zero-order valence-corrected chi connectivity index (χ0v) is 15.3. The fourth-order valence-corrected chi connectivity index (χ4v) is 4.61. The van der Waals surface area contributed by atoms with Crippen LogP contribution in [0.15, 0.2) is 16.0 Å². The molecule has 6 nitrogen and oxygen atoms in total. The number of fused-ring (bicyclic) bond motifs is 1. The maximum absolute atomic E-state index is 12.7. The second-order valence-electron chi connectivity index (χ2n) is 6.71. The van der Waals surface area contributed by atoms with Crippen LogP contribution in [0.1, 0.15) is 45.3 Å². The van der Waals surface area contributed by atoms with Gasteiger partial charge in [-0.2, -0.15) is 0 Å². The Hall–Kier alpha value is -1.34. The number of morpholine rings is 1. The van der Waals surface area contributed by atoms with E-state index >= 15 is 0 Å². The second-order valence-corrected chi connectivity index (χ2v) is 7.70. The molecule has 0 aromatic carbocycles. The number of hydrogen-bond donors (Lipinski definition) is 0. The zero-order chi connectivity index (χ0) is 17.3. The first-order chi connectivity index (χ1) is 11.5. The van der Waals surface area contributed by atoms with E-state index < -0.39 is 0 Å². The molecular formula is C17H25N3O3S. The summed E-state index contributed by atoms with van der Waals surface area (Å²) < 4.78 is 7.39. The van der Waals surface area contributed by atoms with Crippen LogP contribution in [0.5, 0.6) is 0 Å². The number of aromatic nitrogens is 2. The third-order valence-electron chi connectivity index (χ3n) is 4.43. The number of hydrogen-bond acceptors (Lipinski definition) is 5. The molecular weight excluding hydrogens is 326 g/mol. The number of nitrogens with zero attached hydrogens (tertiary/aromatic N) is 3. The molecule has 0 N–H and O–H groups in total. The van der Waals surface area contributed by atoms with Gasteiger partial charge in [0.1, 0.15) is 0 Å². The molecule has 0 bridgehead atoms. The van der Waals surface area contributed by atoms with Crippen LogP contribution < -0.4 is 5.56 Å². The molecule has 0 saturated carbocycles. The Bertz CT molecular complexity index is 666. The Morgan fingerprint density at radius 3 is 2.75 bits per heavy atom. The van der Waals surface area contributed by atoms with Gasteiger partial charge in [-0.25, -0.2) is 4.98 Å². The summed E-state index contributed by atoms with van der Waals surface area (Å²) in [5, 5.41) is 0.757. The lowest BCUT2D eigenvalue weighted by Gasteiger charge is -2.35. The number of ether oxygens (including phenoxy) is 1. The number of thioether (sulfide) groups is 1. The Balaban J connectivity index is 1.72. The number of aryl methyl sites for hydroxylation is 1. The Morgan fingerprint density at radius 2 is 2.08 bits per heavy atom. The monoisotopic (exact) mass is 351 g/mol. The Labute approximate surface area is 146 Å². The molecule has 2 aliphatic rings. The first kappa shape index (κ1) is 17.5. The molecule has 0 radical (unpaired) electrons. The normalized spacial score (nSPS) is 26.5. The predicted octanol–water partition coefficient (Wildman–Crippen LogP) is 1.87. The summed E-state index contributed by atoms with van der Waals surface area (Å²) >= 11 is 1.58. The molecule has 0 aliphatic carbocycles. The lowest BCUT2D eigenvalue weighted by atomic mass is 10.1. The van der Waals surface area contributed by atoms with Crippen molar-refractivity contribution in [3.63, 3.8) is 0 Å². The van der Waals surface area contributed by atoms with Gasteiger partial charge in [-0.15, -0.1) is 0 Å². The smallest absolute Gasteiger partial charge is 0.254 e. The lowest BCUT2D eigenvalue weighted by molar-refractivity contribution is -0.143. The summed E-state index contributed by atoms with van der Waals surface area (Å²) in [6.45, 7) is 7.29. The van der Waals surface area contributed by atoms with Crippen molar-refractivity contribution in [2.75, 3.05) is 18.8 Å². The molecule has 132 valence electrons. The molecule has 1 aromatic heterocycles. The highest BCUT2D eigenvalue weighted by Gasteiger charge is 2.31. The molecule has 1 amide bonds. The molecule has 1 fully saturated rings. The van der Waals surface area contributed by atoms with Gasteiger partial charge in [-0.05, 0) is 20.3 Å². The molecule has 1 saturated heterocycles. The van der Waals surface area contributed by atoms with Gasteiger partial charge in [0.15, 0.2) is 5.16 Å². The average Bonchev–Trinajstić information content (AvgIpc) is 2.90. The van der Waals surface area contributed by atoms with Gasteiger partial charge in [0.05, 0.1) is 18.2 Å². The first-order valence-electron chi connectivity index (χ1n) is 8.66. The first-order valence-corrected chi connectivity index (χ1v) is 9.65. The van der Waals surface area contributed by atoms with Crippen molar-refractivity contribution in [1.29, 1.82) is 0 Å². The molecule has 7 heteroatoms. The van der Waals surface area contributed by atoms with E-state index in [2.05, 4.69) is 11.9 Å². The van der Waals surface area contributed by atoms with Crippen LogP contribution in [0.4, 0.5) is 0 Å². The summed E-state index contributed by atoms with van der Waals surface area (Å²) in [5.41, 5.74) is 0.819. The Morgan fingerprint density at radius 1 is 1.38 bits per heavy atom. The van der Waals surface area contributed by atoms with Gasteiger partial charge in [-0.1, -0.05) is 25.1 Å². The Kier molecular flexibility index (Phi) is 5.30. The van der Waals surface area contributed by atoms with Crippen LogP contribution in [0, 0.1) is 0 Å². The van der Waals surface area contributed by atoms with Gasteiger partial charge >= 0.3 is 0 Å². The van der Waals surface area contributed by atoms with E-state index in [9.17, 15) is 9.59 Å². The summed E-state index contributed by atoms with van der Waals surface area (Å²) in [7, 11) is 0. The van der Waals surface area contributed by atoms with Crippen molar-refractivity contribution >= 4 is 17.7 Å². The van der Waals surface area contributed by atoms with Crippen molar-refractivity contribution in [3.8, 4) is 0 Å². The summed E-state index contributed by atoms with van der Waals surface area (Å²) in [6.07, 6.45) is 2.26. The van der Waals surface area contributed by atoms with E-state index in [1.54, 1.807) is 22.4 Å². The van der Waals surface area contributed by atoms with Crippen molar-refractivity contribution in [2.45, 2.75) is 63.4 Å². The summed E-state index contributed by atoms with van der Waals surface area (Å²) in [4.78, 5) is 31.6. The maximum atomic E-state index is 12.7. The molecule has 0 spiro atoms. The standard InChI is InChI=1S/C17H25N3O3S/c1-4-5-13-6-16(22)20-14(10-24-17(20)18-13)7-15(21)19-8-11(2)23-12(3)9-19/h6,11-12,14H,4-5,7-10H2,1-3H3. The largest absolute Gasteiger partial charge is 0.372 e. The summed E-state index contributed by atoms with van der Waals surface area (Å²) in [5.74, 6) is 0.832. The molecule has 1 aromatic rings. The van der Waals surface area contributed by atoms with Crippen LogP contribution >= 0.6 is 11.8 Å². The van der Waals surface area contributed by atoms with Gasteiger partial charge in [0.2, 0.25) is 5.91 Å². The van der Waals surface area contributed by atoms with Crippen LogP contribution in [-0.2, 0) is 16.0 Å². The van der Waals surface area contributed by atoms with E-state index in [0.29, 0.717) is 19.5 Å². The minimum Gasteiger partial charge on any atom is -0.372 e. The number of carbonyl (C=O) groups is 1. The van der Waals surface area contributed by atoms with Gasteiger partial charge in [-0.3, -0.25) is 14.2 Å². The molecule has 3 rings (SSSR count). The molecule has 24 heavy (non-hydrogen) atoms. The van der Waals surface area contributed by atoms with Crippen LogP contribution in [0.3, 0.4) is 0 Å². The van der Waals surface area contributed by atoms with Crippen LogP contribution in [0.2, 0.25) is 0 Å². The number of amides is 1. The molecule has 3 unspecified atom stereocenters. The predicted molar refractivity (Wildman–Crippen MR) is 93.5 cm³/mol. The van der Waals surface area contributed by atoms with Gasteiger partial charge in [0.25, 0.3) is 5.56 Å². The minimum absolute atomic E-state index is 0.0324. The van der Waals surface area contributed by atoms with E-state index in [1.165, 1.54) is 0 Å². The fourth-order valence-electron chi connectivity index (χ4n) is 3.45. The SMILES string of the molecule is CCCc1cc(=O)n2c(n1)SCC2CC(=O)N1CC(C)OC(C)C1. The van der Waals surface area contributed by atoms with Gasteiger partial charge < -0.3 is 9.64 Å². The maximum Gasteiger partial charge on any atom is 0.254 e. The summed E-state index contributed by atoms with van der Waals surface area (Å²) in [6, 6.07) is 1.52. The van der Waals surface area contributed by atoms with Crippen molar-refractivity contribution in [2.24, 2.45) is 0 Å². The van der Waals surface area contributed by atoms with E-state index in [1.807, 2.05) is 18.7 Å². The van der Waals surface area contributed by atoms with Crippen molar-refractivity contribution < 1.29 is 9.53 Å². The quantitative estimate of drug-likeness (QED) is 0.775. The zero-order valence-electron chi connectivity index (χ0n) is 14.5. The number of rotatable bonds is 4. The minimum atomic E-state index is -0.0957. The lowest BCUT2D eigenvalue weighted by Crippen LogP contribution is -2.48. The second kappa shape index (κ2) is 7.27. The molecule has 3 heterocycles. The van der Waals surface area contributed by atoms with E-state index in [4.69, 9.17) is 4.74 Å². The third-order valence-corrected chi connectivity index (χ3v) is 5.53. The number of carbonyl (C=O) groups excluding carboxylic acids is 1. The molecule has 3 atom stereocenters. The average molecular weight is 351 g/mol. The topological polar surface area (TPSA) is 64.4 Å². The fraction of sp³-hybridized carbons (Fsp3) is 0.706. The highest BCUT2D eigenvalue weighted by Crippen LogP contribution is 2.32. The van der Waals surface area contributed by atoms with Crippen molar-refractivity contribution in [1.82, 2.24) is 14.5 Å². The van der Waals surface area contributed by atoms with Gasteiger partial charge in [0, 0.05) is 37.0 Å². The molecule has 2 aliphatic heterocycles. The van der Waals surface area contributed by atoms with Crippen LogP contribution in [-0.4, -0.2) is 51.4 Å². The third kappa shape index (κ3) is 3.67. The van der Waals surface area contributed by atoms with Crippen LogP contribution in [0.25, 0.3) is 0 Å². The van der Waals surface area contributed by atoms with Crippen molar-refractivity contribution in [3.05, 3.63) is 22.1 Å². The van der Waals surface area contributed by atoms with E-state index in [0.717, 1.165) is 29.4 Å². The highest BCUT2D eigenvalue weighted by atomic mass is 32.2.